The SMILES string of the molecule is CC(Nc1cc(C(F)(F)F)cc(N)n1)C1CCCCC1. The van der Waals surface area contributed by atoms with Crippen molar-refractivity contribution in [2.75, 3.05) is 11.1 Å². The van der Waals surface area contributed by atoms with Gasteiger partial charge in [0.1, 0.15) is 11.6 Å². The van der Waals surface area contributed by atoms with Crippen LogP contribution < -0.4 is 11.1 Å². The minimum Gasteiger partial charge on any atom is -0.384 e. The van der Waals surface area contributed by atoms with Crippen LogP contribution in [0.2, 0.25) is 0 Å². The number of aromatic nitrogens is 1. The second-order valence-corrected chi connectivity index (χ2v) is 5.49. The summed E-state index contributed by atoms with van der Waals surface area (Å²) >= 11 is 0. The molecule has 1 atom stereocenters. The summed E-state index contributed by atoms with van der Waals surface area (Å²) in [7, 11) is 0. The molecular weight excluding hydrogens is 267 g/mol. The van der Waals surface area contributed by atoms with Crippen LogP contribution in [0.25, 0.3) is 0 Å². The van der Waals surface area contributed by atoms with Crippen molar-refractivity contribution >= 4 is 11.6 Å². The molecular formula is C14H20F3N3. The van der Waals surface area contributed by atoms with Crippen molar-refractivity contribution < 1.29 is 13.2 Å². The van der Waals surface area contributed by atoms with Gasteiger partial charge in [-0.15, -0.1) is 0 Å². The first-order valence-electron chi connectivity index (χ1n) is 6.97. The monoisotopic (exact) mass is 287 g/mol. The van der Waals surface area contributed by atoms with Crippen LogP contribution in [0.5, 0.6) is 0 Å². The van der Waals surface area contributed by atoms with Gasteiger partial charge in [0.2, 0.25) is 0 Å². The van der Waals surface area contributed by atoms with Crippen LogP contribution in [0, 0.1) is 5.92 Å². The van der Waals surface area contributed by atoms with E-state index < -0.39 is 11.7 Å². The molecule has 1 unspecified atom stereocenters. The Morgan fingerprint density at radius 3 is 2.50 bits per heavy atom. The van der Waals surface area contributed by atoms with Gasteiger partial charge in [-0.25, -0.2) is 4.98 Å². The molecule has 1 heterocycles. The summed E-state index contributed by atoms with van der Waals surface area (Å²) in [6, 6.07) is 1.98. The summed E-state index contributed by atoms with van der Waals surface area (Å²) in [5.74, 6) is 0.579. The van der Waals surface area contributed by atoms with E-state index in [-0.39, 0.29) is 17.7 Å². The molecule has 2 rings (SSSR count). The number of anilines is 2. The molecule has 0 aromatic carbocycles. The Labute approximate surface area is 116 Å². The highest BCUT2D eigenvalue weighted by molar-refractivity contribution is 5.48. The molecule has 0 aliphatic heterocycles. The lowest BCUT2D eigenvalue weighted by molar-refractivity contribution is -0.137. The van der Waals surface area contributed by atoms with Gasteiger partial charge in [-0.1, -0.05) is 19.3 Å². The summed E-state index contributed by atoms with van der Waals surface area (Å²) in [5, 5.41) is 3.07. The van der Waals surface area contributed by atoms with Gasteiger partial charge in [0.15, 0.2) is 0 Å². The minimum atomic E-state index is -4.40. The Balaban J connectivity index is 2.10. The van der Waals surface area contributed by atoms with Crippen LogP contribution in [0.4, 0.5) is 24.8 Å². The molecule has 0 spiro atoms. The molecule has 6 heteroatoms. The third-order valence-electron chi connectivity index (χ3n) is 3.90. The summed E-state index contributed by atoms with van der Waals surface area (Å²) in [5.41, 5.74) is 4.70. The molecule has 1 fully saturated rings. The van der Waals surface area contributed by atoms with Gasteiger partial charge in [-0.2, -0.15) is 13.2 Å². The summed E-state index contributed by atoms with van der Waals surface area (Å²) in [4.78, 5) is 3.95. The van der Waals surface area contributed by atoms with Gasteiger partial charge < -0.3 is 11.1 Å². The summed E-state index contributed by atoms with van der Waals surface area (Å²) in [6.45, 7) is 1.99. The third kappa shape index (κ3) is 3.77. The van der Waals surface area contributed by atoms with Crippen molar-refractivity contribution in [3.63, 3.8) is 0 Å². The molecule has 3 nitrogen and oxygen atoms in total. The Bertz CT molecular complexity index is 453. The Kier molecular flexibility index (Phi) is 4.40. The van der Waals surface area contributed by atoms with Gasteiger partial charge in [0.25, 0.3) is 0 Å². The number of hydrogen-bond donors (Lipinski definition) is 2. The predicted molar refractivity (Wildman–Crippen MR) is 73.3 cm³/mol. The fourth-order valence-corrected chi connectivity index (χ4v) is 2.77. The van der Waals surface area contributed by atoms with E-state index in [9.17, 15) is 13.2 Å². The van der Waals surface area contributed by atoms with E-state index >= 15 is 0 Å². The van der Waals surface area contributed by atoms with Gasteiger partial charge in [-0.05, 0) is 37.8 Å². The van der Waals surface area contributed by atoms with E-state index in [0.717, 1.165) is 25.0 Å². The van der Waals surface area contributed by atoms with Crippen molar-refractivity contribution in [1.29, 1.82) is 0 Å². The molecule has 0 bridgehead atoms. The van der Waals surface area contributed by atoms with Gasteiger partial charge in [0, 0.05) is 6.04 Å². The van der Waals surface area contributed by atoms with Crippen LogP contribution in [0.15, 0.2) is 12.1 Å². The molecule has 1 aliphatic rings. The highest BCUT2D eigenvalue weighted by Crippen LogP contribution is 2.32. The van der Waals surface area contributed by atoms with Gasteiger partial charge >= 0.3 is 6.18 Å². The number of halogens is 3. The highest BCUT2D eigenvalue weighted by atomic mass is 19.4. The Morgan fingerprint density at radius 1 is 1.25 bits per heavy atom. The van der Waals surface area contributed by atoms with E-state index in [2.05, 4.69) is 10.3 Å². The van der Waals surface area contributed by atoms with E-state index in [4.69, 9.17) is 5.73 Å². The number of rotatable bonds is 3. The molecule has 0 radical (unpaired) electrons. The number of nitrogen functional groups attached to an aromatic ring is 1. The molecule has 1 aromatic heterocycles. The number of nitrogens with two attached hydrogens (primary N) is 1. The molecule has 112 valence electrons. The standard InChI is InChI=1S/C14H20F3N3/c1-9(10-5-3-2-4-6-10)19-13-8-11(14(15,16)17)7-12(18)20-13/h7-10H,2-6H2,1H3,(H3,18,19,20). The minimum absolute atomic E-state index is 0.102. The maximum atomic E-state index is 12.7. The fourth-order valence-electron chi connectivity index (χ4n) is 2.77. The van der Waals surface area contributed by atoms with Crippen molar-refractivity contribution in [2.24, 2.45) is 5.92 Å². The molecule has 0 amide bonds. The molecule has 3 N–H and O–H groups in total. The van der Waals surface area contributed by atoms with Gasteiger partial charge in [0.05, 0.1) is 5.56 Å². The number of nitrogens with one attached hydrogen (secondary N) is 1. The lowest BCUT2D eigenvalue weighted by atomic mass is 9.84. The van der Waals surface area contributed by atoms with E-state index in [1.807, 2.05) is 6.92 Å². The van der Waals surface area contributed by atoms with Crippen molar-refractivity contribution in [3.8, 4) is 0 Å². The third-order valence-corrected chi connectivity index (χ3v) is 3.90. The number of nitrogens with zero attached hydrogens (tertiary/aromatic N) is 1. The number of hydrogen-bond acceptors (Lipinski definition) is 3. The van der Waals surface area contributed by atoms with Gasteiger partial charge in [-0.3, -0.25) is 0 Å². The molecule has 20 heavy (non-hydrogen) atoms. The topological polar surface area (TPSA) is 50.9 Å². The van der Waals surface area contributed by atoms with Crippen molar-refractivity contribution in [2.45, 2.75) is 51.2 Å². The second kappa shape index (κ2) is 5.89. The number of alkyl halides is 3. The normalized spacial score (nSPS) is 18.8. The second-order valence-electron chi connectivity index (χ2n) is 5.49. The first kappa shape index (κ1) is 14.9. The van der Waals surface area contributed by atoms with Crippen LogP contribution in [-0.2, 0) is 6.18 Å². The maximum Gasteiger partial charge on any atom is 0.416 e. The molecule has 1 aliphatic carbocycles. The lowest BCUT2D eigenvalue weighted by Gasteiger charge is -2.28. The average Bonchev–Trinajstić information content (AvgIpc) is 2.38. The molecule has 1 aromatic rings. The maximum absolute atomic E-state index is 12.7. The van der Waals surface area contributed by atoms with Crippen LogP contribution in [-0.4, -0.2) is 11.0 Å². The average molecular weight is 287 g/mol. The molecule has 0 saturated heterocycles. The number of pyridine rings is 1. The largest absolute Gasteiger partial charge is 0.416 e. The van der Waals surface area contributed by atoms with Crippen molar-refractivity contribution in [3.05, 3.63) is 17.7 Å². The first-order valence-corrected chi connectivity index (χ1v) is 6.97. The van der Waals surface area contributed by atoms with E-state index in [0.29, 0.717) is 5.92 Å². The zero-order valence-corrected chi connectivity index (χ0v) is 11.5. The summed E-state index contributed by atoms with van der Waals surface area (Å²) < 4.78 is 38.2. The Hall–Kier alpha value is -1.46. The first-order chi connectivity index (χ1) is 9.36. The predicted octanol–water partition coefficient (Wildman–Crippen LogP) is 4.06. The smallest absolute Gasteiger partial charge is 0.384 e. The quantitative estimate of drug-likeness (QED) is 0.881. The summed E-state index contributed by atoms with van der Waals surface area (Å²) in [6.07, 6.45) is 1.45. The van der Waals surface area contributed by atoms with Crippen LogP contribution in [0.3, 0.4) is 0 Å². The van der Waals surface area contributed by atoms with Crippen LogP contribution >= 0.6 is 0 Å². The lowest BCUT2D eigenvalue weighted by Crippen LogP contribution is -2.28. The van der Waals surface area contributed by atoms with Crippen LogP contribution in [0.1, 0.15) is 44.6 Å². The molecule has 1 saturated carbocycles. The highest BCUT2D eigenvalue weighted by Gasteiger charge is 2.31. The zero-order chi connectivity index (χ0) is 14.8. The Morgan fingerprint density at radius 2 is 1.90 bits per heavy atom. The fraction of sp³-hybridized carbons (Fsp3) is 0.643. The van der Waals surface area contributed by atoms with Crippen molar-refractivity contribution in [1.82, 2.24) is 4.98 Å². The van der Waals surface area contributed by atoms with E-state index in [1.54, 1.807) is 0 Å². The zero-order valence-electron chi connectivity index (χ0n) is 11.5. The van der Waals surface area contributed by atoms with E-state index in [1.165, 1.54) is 19.3 Å².